The molecule has 7 heteroatoms. The van der Waals surface area contributed by atoms with Crippen molar-refractivity contribution in [3.05, 3.63) is 92.6 Å². The van der Waals surface area contributed by atoms with Crippen LogP contribution in [0.3, 0.4) is 0 Å². The Balaban J connectivity index is 1.59. The number of hydrogen-bond acceptors (Lipinski definition) is 4. The van der Waals surface area contributed by atoms with Crippen LogP contribution in [-0.2, 0) is 6.61 Å². The van der Waals surface area contributed by atoms with Crippen molar-refractivity contribution >= 4 is 37.8 Å². The van der Waals surface area contributed by atoms with Gasteiger partial charge >= 0.3 is 5.97 Å². The van der Waals surface area contributed by atoms with E-state index in [2.05, 4.69) is 50.9 Å². The third-order valence-electron chi connectivity index (χ3n) is 5.22. The molecule has 0 amide bonds. The van der Waals surface area contributed by atoms with Crippen LogP contribution in [0.1, 0.15) is 41.4 Å². The van der Waals surface area contributed by atoms with Crippen LogP contribution >= 0.6 is 31.9 Å². The minimum Gasteiger partial charge on any atom is -0.489 e. The summed E-state index contributed by atoms with van der Waals surface area (Å²) in [7, 11) is 0. The number of hydrogen-bond donors (Lipinski definition) is 1. The van der Waals surface area contributed by atoms with Gasteiger partial charge in [-0.05, 0) is 47.5 Å². The minimum absolute atomic E-state index is 0.148. The molecule has 1 N–H and O–H groups in total. The second-order valence-electron chi connectivity index (χ2n) is 7.82. The molecular formula is C26H21Br2NO4. The lowest BCUT2D eigenvalue weighted by Crippen LogP contribution is -2.01. The minimum atomic E-state index is -0.945. The van der Waals surface area contributed by atoms with Crippen LogP contribution in [0.25, 0.3) is 22.4 Å². The largest absolute Gasteiger partial charge is 0.489 e. The van der Waals surface area contributed by atoms with E-state index in [1.54, 1.807) is 18.2 Å². The zero-order valence-electron chi connectivity index (χ0n) is 18.0. The molecule has 0 aliphatic heterocycles. The second-order valence-corrected chi connectivity index (χ2v) is 9.53. The molecule has 0 saturated carbocycles. The number of halogens is 2. The van der Waals surface area contributed by atoms with Crippen molar-refractivity contribution in [2.24, 2.45) is 0 Å². The number of rotatable bonds is 7. The molecule has 33 heavy (non-hydrogen) atoms. The van der Waals surface area contributed by atoms with E-state index in [-0.39, 0.29) is 11.5 Å². The maximum atomic E-state index is 11.2. The Kier molecular flexibility index (Phi) is 7.00. The van der Waals surface area contributed by atoms with Crippen molar-refractivity contribution in [1.29, 1.82) is 0 Å². The summed E-state index contributed by atoms with van der Waals surface area (Å²) >= 11 is 7.23. The van der Waals surface area contributed by atoms with Gasteiger partial charge < -0.3 is 14.4 Å². The zero-order chi connectivity index (χ0) is 23.5. The molecule has 5 nitrogen and oxygen atoms in total. The molecule has 3 aromatic carbocycles. The molecule has 0 bridgehead atoms. The summed E-state index contributed by atoms with van der Waals surface area (Å²) in [5.41, 5.74) is 4.56. The van der Waals surface area contributed by atoms with Crippen molar-refractivity contribution in [3.8, 4) is 28.1 Å². The van der Waals surface area contributed by atoms with E-state index < -0.39 is 5.97 Å². The van der Waals surface area contributed by atoms with Crippen molar-refractivity contribution in [3.63, 3.8) is 0 Å². The molecule has 0 radical (unpaired) electrons. The van der Waals surface area contributed by atoms with E-state index in [1.165, 1.54) is 0 Å². The Morgan fingerprint density at radius 2 is 1.67 bits per heavy atom. The molecule has 1 heterocycles. The molecule has 0 saturated heterocycles. The summed E-state index contributed by atoms with van der Waals surface area (Å²) < 4.78 is 13.6. The number of carbonyl (C=O) groups is 1. The van der Waals surface area contributed by atoms with Crippen LogP contribution < -0.4 is 4.74 Å². The van der Waals surface area contributed by atoms with Crippen LogP contribution in [0.15, 0.2) is 80.2 Å². The average Bonchev–Trinajstić information content (AvgIpc) is 3.22. The molecule has 0 aliphatic carbocycles. The molecule has 0 unspecified atom stereocenters. The lowest BCUT2D eigenvalue weighted by molar-refractivity contribution is 0.0697. The first-order valence-electron chi connectivity index (χ1n) is 10.3. The zero-order valence-corrected chi connectivity index (χ0v) is 21.2. The van der Waals surface area contributed by atoms with Gasteiger partial charge in [0.15, 0.2) is 0 Å². The van der Waals surface area contributed by atoms with Gasteiger partial charge in [-0.2, -0.15) is 0 Å². The Morgan fingerprint density at radius 1 is 1.00 bits per heavy atom. The van der Waals surface area contributed by atoms with Gasteiger partial charge in [0.2, 0.25) is 0 Å². The van der Waals surface area contributed by atoms with E-state index in [0.29, 0.717) is 12.4 Å². The van der Waals surface area contributed by atoms with Crippen LogP contribution in [0, 0.1) is 0 Å². The van der Waals surface area contributed by atoms with Crippen molar-refractivity contribution < 1.29 is 19.2 Å². The van der Waals surface area contributed by atoms with Crippen LogP contribution in [0.2, 0.25) is 0 Å². The summed E-state index contributed by atoms with van der Waals surface area (Å²) in [6, 6.07) is 20.3. The van der Waals surface area contributed by atoms with Gasteiger partial charge in [-0.15, -0.1) is 0 Å². The number of nitrogens with zero attached hydrogens (tertiary/aromatic N) is 1. The number of ether oxygens (including phenoxy) is 1. The molecule has 4 aromatic rings. The summed E-state index contributed by atoms with van der Waals surface area (Å²) in [6.45, 7) is 4.42. The molecule has 0 atom stereocenters. The third-order valence-corrected chi connectivity index (χ3v) is 6.54. The Morgan fingerprint density at radius 3 is 2.30 bits per heavy atom. The highest BCUT2D eigenvalue weighted by Gasteiger charge is 2.23. The van der Waals surface area contributed by atoms with Crippen molar-refractivity contribution in [2.45, 2.75) is 26.4 Å². The van der Waals surface area contributed by atoms with Crippen LogP contribution in [0.5, 0.6) is 5.75 Å². The Hall–Kier alpha value is -2.90. The number of aromatic nitrogens is 1. The van der Waals surface area contributed by atoms with E-state index >= 15 is 0 Å². The second kappa shape index (κ2) is 9.93. The van der Waals surface area contributed by atoms with Gasteiger partial charge in [-0.1, -0.05) is 81.2 Å². The topological polar surface area (TPSA) is 72.6 Å². The summed E-state index contributed by atoms with van der Waals surface area (Å²) in [6.07, 6.45) is 0. The highest BCUT2D eigenvalue weighted by molar-refractivity contribution is 9.11. The van der Waals surface area contributed by atoms with Gasteiger partial charge in [0.05, 0.1) is 11.1 Å². The third kappa shape index (κ3) is 5.04. The number of benzene rings is 3. The maximum Gasteiger partial charge on any atom is 0.335 e. The van der Waals surface area contributed by atoms with E-state index in [9.17, 15) is 9.90 Å². The van der Waals surface area contributed by atoms with Crippen molar-refractivity contribution in [1.82, 2.24) is 5.16 Å². The fourth-order valence-corrected chi connectivity index (χ4v) is 4.94. The predicted molar refractivity (Wildman–Crippen MR) is 135 cm³/mol. The van der Waals surface area contributed by atoms with Crippen molar-refractivity contribution in [2.75, 3.05) is 0 Å². The highest BCUT2D eigenvalue weighted by atomic mass is 79.9. The summed E-state index contributed by atoms with van der Waals surface area (Å²) in [4.78, 5) is 11.2. The normalized spacial score (nSPS) is 11.1. The van der Waals surface area contributed by atoms with E-state index in [4.69, 9.17) is 9.26 Å². The molecule has 0 fully saturated rings. The first-order chi connectivity index (χ1) is 15.8. The monoisotopic (exact) mass is 569 g/mol. The van der Waals surface area contributed by atoms with Gasteiger partial charge in [0.1, 0.15) is 23.8 Å². The summed E-state index contributed by atoms with van der Waals surface area (Å²) in [5, 5.41) is 13.6. The van der Waals surface area contributed by atoms with E-state index in [1.807, 2.05) is 48.5 Å². The molecular weight excluding hydrogens is 550 g/mol. The number of carboxylic acids is 1. The lowest BCUT2D eigenvalue weighted by Gasteiger charge is -2.11. The maximum absolute atomic E-state index is 11.2. The molecule has 0 spiro atoms. The molecule has 4 rings (SSSR count). The first-order valence-corrected chi connectivity index (χ1v) is 11.9. The predicted octanol–water partition coefficient (Wildman–Crippen LogP) is 7.93. The van der Waals surface area contributed by atoms with E-state index in [0.717, 1.165) is 42.7 Å². The highest BCUT2D eigenvalue weighted by Crippen LogP contribution is 2.39. The fourth-order valence-electron chi connectivity index (χ4n) is 3.57. The molecule has 1 aromatic heterocycles. The van der Waals surface area contributed by atoms with Gasteiger partial charge in [0.25, 0.3) is 0 Å². The van der Waals surface area contributed by atoms with Gasteiger partial charge in [0, 0.05) is 20.4 Å². The summed E-state index contributed by atoms with van der Waals surface area (Å²) in [5.74, 6) is 0.685. The Bertz CT molecular complexity index is 1280. The number of carboxylic acid groups (broad SMARTS) is 1. The lowest BCUT2D eigenvalue weighted by atomic mass is 10.0. The Labute approximate surface area is 208 Å². The van der Waals surface area contributed by atoms with Gasteiger partial charge in [-0.25, -0.2) is 4.79 Å². The standard InChI is InChI=1S/C26H21Br2NO4/c1-15(2)25-20(24(29-33-25)23-21(27)7-4-8-22(23)28)14-32-19-11-9-16(10-12-19)17-5-3-6-18(13-17)26(30)31/h3-13,15H,14H2,1-2H3,(H,30,31). The number of aromatic carboxylic acids is 1. The van der Waals surface area contributed by atoms with Crippen LogP contribution in [-0.4, -0.2) is 16.2 Å². The van der Waals surface area contributed by atoms with Crippen LogP contribution in [0.4, 0.5) is 0 Å². The molecule has 168 valence electrons. The average molecular weight is 571 g/mol. The first kappa shape index (κ1) is 23.3. The van der Waals surface area contributed by atoms with Gasteiger partial charge in [-0.3, -0.25) is 0 Å². The smallest absolute Gasteiger partial charge is 0.335 e. The quantitative estimate of drug-likeness (QED) is 0.244. The fraction of sp³-hybridized carbons (Fsp3) is 0.154. The molecule has 0 aliphatic rings. The SMILES string of the molecule is CC(C)c1onc(-c2c(Br)cccc2Br)c1COc1ccc(-c2cccc(C(=O)O)c2)cc1.